The van der Waals surface area contributed by atoms with E-state index >= 15 is 0 Å². The van der Waals surface area contributed by atoms with E-state index in [0.29, 0.717) is 17.5 Å². The van der Waals surface area contributed by atoms with Gasteiger partial charge in [0.05, 0.1) is 19.3 Å². The van der Waals surface area contributed by atoms with Gasteiger partial charge in [0.15, 0.2) is 5.96 Å². The van der Waals surface area contributed by atoms with Crippen LogP contribution in [0.15, 0.2) is 23.2 Å². The van der Waals surface area contributed by atoms with Crippen molar-refractivity contribution in [3.05, 3.63) is 23.2 Å². The topological polar surface area (TPSA) is 74.9 Å². The zero-order chi connectivity index (χ0) is 18.2. The Morgan fingerprint density at radius 1 is 1.36 bits per heavy atom. The molecule has 25 heavy (non-hydrogen) atoms. The number of halogens is 1. The maximum atomic E-state index is 6.28. The fraction of sp³-hybridized carbons (Fsp3) is 0.611. The van der Waals surface area contributed by atoms with Gasteiger partial charge >= 0.3 is 0 Å². The lowest BCUT2D eigenvalue weighted by atomic mass is 9.91. The number of ether oxygens (including phenoxy) is 1. The summed E-state index contributed by atoms with van der Waals surface area (Å²) in [5, 5.41) is 7.48. The molecule has 2 atom stereocenters. The summed E-state index contributed by atoms with van der Waals surface area (Å²) < 4.78 is 5.42. The molecule has 6 nitrogen and oxygen atoms in total. The SMILES string of the molecule is COc1ccc(Cl)cc1NC(=NCCN(C)C)N[C@H]1CCCC[C@@H]1N. The molecule has 0 aliphatic heterocycles. The molecule has 4 N–H and O–H groups in total. The zero-order valence-electron chi connectivity index (χ0n) is 15.4. The highest BCUT2D eigenvalue weighted by atomic mass is 35.5. The van der Waals surface area contributed by atoms with Crippen LogP contribution in [0.25, 0.3) is 0 Å². The number of nitrogens with two attached hydrogens (primary N) is 1. The first-order valence-electron chi connectivity index (χ1n) is 8.81. The lowest BCUT2D eigenvalue weighted by Crippen LogP contribution is -2.51. The molecule has 0 heterocycles. The number of anilines is 1. The molecule has 0 bridgehead atoms. The Balaban J connectivity index is 2.14. The Morgan fingerprint density at radius 2 is 2.12 bits per heavy atom. The summed E-state index contributed by atoms with van der Waals surface area (Å²) in [6.45, 7) is 1.56. The van der Waals surface area contributed by atoms with Crippen molar-refractivity contribution in [2.24, 2.45) is 10.7 Å². The molecular weight excluding hydrogens is 338 g/mol. The summed E-state index contributed by atoms with van der Waals surface area (Å²) in [4.78, 5) is 6.80. The lowest BCUT2D eigenvalue weighted by Gasteiger charge is -2.31. The summed E-state index contributed by atoms with van der Waals surface area (Å²) in [6.07, 6.45) is 4.49. The Kier molecular flexibility index (Phi) is 7.81. The van der Waals surface area contributed by atoms with E-state index in [1.54, 1.807) is 13.2 Å². The molecule has 0 aromatic heterocycles. The summed E-state index contributed by atoms with van der Waals surface area (Å²) in [5.74, 6) is 1.43. The van der Waals surface area contributed by atoms with Gasteiger partial charge in [-0.05, 0) is 45.1 Å². The molecule has 1 aliphatic carbocycles. The molecule has 1 saturated carbocycles. The van der Waals surface area contributed by atoms with E-state index in [0.717, 1.165) is 30.8 Å². The first kappa shape index (κ1) is 19.8. The Labute approximate surface area is 155 Å². The van der Waals surface area contributed by atoms with Gasteiger partial charge in [0.2, 0.25) is 0 Å². The second-order valence-electron chi connectivity index (χ2n) is 6.70. The standard InChI is InChI=1S/C18H30ClN5O/c1-24(2)11-10-21-18(22-15-7-5-4-6-14(15)20)23-16-12-13(19)8-9-17(16)25-3/h8-9,12,14-15H,4-7,10-11,20H2,1-3H3,(H2,21,22,23)/t14-,15-/m0/s1. The number of nitrogens with zero attached hydrogens (tertiary/aromatic N) is 2. The molecular formula is C18H30ClN5O. The number of benzene rings is 1. The second kappa shape index (κ2) is 9.85. The minimum absolute atomic E-state index is 0.149. The lowest BCUT2D eigenvalue weighted by molar-refractivity contribution is 0.359. The van der Waals surface area contributed by atoms with Gasteiger partial charge in [0, 0.05) is 23.7 Å². The minimum Gasteiger partial charge on any atom is -0.495 e. The third kappa shape index (κ3) is 6.38. The van der Waals surface area contributed by atoms with Crippen LogP contribution in [-0.2, 0) is 0 Å². The van der Waals surface area contributed by atoms with Crippen LogP contribution in [0.5, 0.6) is 5.75 Å². The van der Waals surface area contributed by atoms with E-state index in [4.69, 9.17) is 27.1 Å². The number of methoxy groups -OCH3 is 1. The highest BCUT2D eigenvalue weighted by Gasteiger charge is 2.23. The fourth-order valence-corrected chi connectivity index (χ4v) is 3.07. The quantitative estimate of drug-likeness (QED) is 0.532. The number of guanidine groups is 1. The van der Waals surface area contributed by atoms with Gasteiger partial charge in [-0.2, -0.15) is 0 Å². The van der Waals surface area contributed by atoms with Crippen LogP contribution in [0.3, 0.4) is 0 Å². The van der Waals surface area contributed by atoms with Gasteiger partial charge in [0.25, 0.3) is 0 Å². The Hall–Kier alpha value is -1.50. The molecule has 2 rings (SSSR count). The molecule has 1 aliphatic rings. The Bertz CT molecular complexity index is 579. The van der Waals surface area contributed by atoms with Crippen molar-refractivity contribution in [1.82, 2.24) is 10.2 Å². The predicted molar refractivity (Wildman–Crippen MR) is 106 cm³/mol. The van der Waals surface area contributed by atoms with Gasteiger partial charge in [-0.15, -0.1) is 0 Å². The predicted octanol–water partition coefficient (Wildman–Crippen LogP) is 2.54. The number of aliphatic imine (C=N–C) groups is 1. The smallest absolute Gasteiger partial charge is 0.196 e. The highest BCUT2D eigenvalue weighted by molar-refractivity contribution is 6.31. The van der Waals surface area contributed by atoms with Gasteiger partial charge in [-0.3, -0.25) is 4.99 Å². The van der Waals surface area contributed by atoms with Crippen LogP contribution >= 0.6 is 11.6 Å². The average Bonchev–Trinajstić information content (AvgIpc) is 2.56. The van der Waals surface area contributed by atoms with Crippen LogP contribution in [-0.4, -0.2) is 57.2 Å². The summed E-state index contributed by atoms with van der Waals surface area (Å²) in [5.41, 5.74) is 7.07. The first-order valence-corrected chi connectivity index (χ1v) is 9.19. The van der Waals surface area contributed by atoms with E-state index in [1.165, 1.54) is 12.8 Å². The van der Waals surface area contributed by atoms with Crippen molar-refractivity contribution in [2.75, 3.05) is 39.6 Å². The van der Waals surface area contributed by atoms with Gasteiger partial charge in [-0.25, -0.2) is 0 Å². The van der Waals surface area contributed by atoms with E-state index in [-0.39, 0.29) is 12.1 Å². The van der Waals surface area contributed by atoms with Crippen molar-refractivity contribution in [2.45, 2.75) is 37.8 Å². The molecule has 0 amide bonds. The summed E-state index contributed by atoms with van der Waals surface area (Å²) in [6, 6.07) is 5.86. The van der Waals surface area contributed by atoms with Crippen molar-refractivity contribution in [3.8, 4) is 5.75 Å². The third-order valence-electron chi connectivity index (χ3n) is 4.37. The van der Waals surface area contributed by atoms with Crippen molar-refractivity contribution < 1.29 is 4.74 Å². The van der Waals surface area contributed by atoms with Gasteiger partial charge < -0.3 is 26.0 Å². The van der Waals surface area contributed by atoms with E-state index in [9.17, 15) is 0 Å². The van der Waals surface area contributed by atoms with Gasteiger partial charge in [-0.1, -0.05) is 24.4 Å². The minimum atomic E-state index is 0.149. The molecule has 0 unspecified atom stereocenters. The number of likely N-dealkylation sites (N-methyl/N-ethyl adjacent to an activating group) is 1. The van der Waals surface area contributed by atoms with Crippen molar-refractivity contribution in [1.29, 1.82) is 0 Å². The molecule has 0 spiro atoms. The monoisotopic (exact) mass is 367 g/mol. The van der Waals surface area contributed by atoms with Crippen molar-refractivity contribution in [3.63, 3.8) is 0 Å². The molecule has 7 heteroatoms. The van der Waals surface area contributed by atoms with Crippen molar-refractivity contribution >= 4 is 23.2 Å². The number of hydrogen-bond donors (Lipinski definition) is 3. The molecule has 1 fully saturated rings. The number of rotatable bonds is 6. The highest BCUT2D eigenvalue weighted by Crippen LogP contribution is 2.27. The van der Waals surface area contributed by atoms with Crippen LogP contribution in [0, 0.1) is 0 Å². The van der Waals surface area contributed by atoms with E-state index < -0.39 is 0 Å². The first-order chi connectivity index (χ1) is 12.0. The maximum Gasteiger partial charge on any atom is 0.196 e. The van der Waals surface area contributed by atoms with Crippen LogP contribution in [0.4, 0.5) is 5.69 Å². The largest absolute Gasteiger partial charge is 0.495 e. The van der Waals surface area contributed by atoms with Gasteiger partial charge in [0.1, 0.15) is 5.75 Å². The fourth-order valence-electron chi connectivity index (χ4n) is 2.90. The van der Waals surface area contributed by atoms with Crippen LogP contribution in [0.1, 0.15) is 25.7 Å². The molecule has 1 aromatic rings. The Morgan fingerprint density at radius 3 is 2.80 bits per heavy atom. The zero-order valence-corrected chi connectivity index (χ0v) is 16.1. The molecule has 140 valence electrons. The van der Waals surface area contributed by atoms with Crippen LogP contribution < -0.4 is 21.1 Å². The second-order valence-corrected chi connectivity index (χ2v) is 7.14. The van der Waals surface area contributed by atoms with E-state index in [1.807, 2.05) is 26.2 Å². The summed E-state index contributed by atoms with van der Waals surface area (Å²) in [7, 11) is 5.71. The number of hydrogen-bond acceptors (Lipinski definition) is 4. The van der Waals surface area contributed by atoms with E-state index in [2.05, 4.69) is 15.5 Å². The normalized spacial score (nSPS) is 21.3. The third-order valence-corrected chi connectivity index (χ3v) is 4.61. The molecule has 0 radical (unpaired) electrons. The molecule has 0 saturated heterocycles. The molecule has 1 aromatic carbocycles. The maximum absolute atomic E-state index is 6.28. The summed E-state index contributed by atoms with van der Waals surface area (Å²) >= 11 is 6.14. The average molecular weight is 368 g/mol. The number of nitrogens with one attached hydrogen (secondary N) is 2. The van der Waals surface area contributed by atoms with Crippen LogP contribution in [0.2, 0.25) is 5.02 Å².